The lowest BCUT2D eigenvalue weighted by atomic mass is 10.1. The molecule has 1 atom stereocenters. The first-order chi connectivity index (χ1) is 7.45. The normalized spacial score (nSPS) is 20.4. The van der Waals surface area contributed by atoms with E-state index in [0.29, 0.717) is 6.42 Å². The summed E-state index contributed by atoms with van der Waals surface area (Å²) in [5, 5.41) is 2.23. The van der Waals surface area contributed by atoms with Gasteiger partial charge in [0.05, 0.1) is 0 Å². The van der Waals surface area contributed by atoms with E-state index in [0.717, 1.165) is 5.57 Å². The molecule has 5 heteroatoms. The van der Waals surface area contributed by atoms with Crippen molar-refractivity contribution in [3.05, 3.63) is 11.6 Å². The molecule has 5 nitrogen and oxygen atoms in total. The summed E-state index contributed by atoms with van der Waals surface area (Å²) >= 11 is 0. The van der Waals surface area contributed by atoms with Crippen molar-refractivity contribution in [2.75, 3.05) is 6.54 Å². The highest BCUT2D eigenvalue weighted by atomic mass is 16.2. The maximum absolute atomic E-state index is 11.8. The molecule has 0 aliphatic carbocycles. The fourth-order valence-corrected chi connectivity index (χ4v) is 1.63. The topological polar surface area (TPSA) is 66.5 Å². The van der Waals surface area contributed by atoms with Gasteiger partial charge in [0, 0.05) is 6.08 Å². The number of nitrogens with one attached hydrogen (secondary N) is 1. The van der Waals surface area contributed by atoms with Gasteiger partial charge < -0.3 is 4.90 Å². The van der Waals surface area contributed by atoms with E-state index in [-0.39, 0.29) is 12.5 Å². The number of allylic oxidation sites excluding steroid dienone is 1. The molecule has 1 rings (SSSR count). The van der Waals surface area contributed by atoms with Gasteiger partial charge in [-0.3, -0.25) is 19.7 Å². The number of hydrogen-bond donors (Lipinski definition) is 1. The van der Waals surface area contributed by atoms with Crippen molar-refractivity contribution in [3.8, 4) is 0 Å². The molecular formula is C11H16N2O3. The van der Waals surface area contributed by atoms with Crippen LogP contribution >= 0.6 is 0 Å². The first-order valence-electron chi connectivity index (χ1n) is 5.25. The van der Waals surface area contributed by atoms with Crippen molar-refractivity contribution in [2.24, 2.45) is 0 Å². The van der Waals surface area contributed by atoms with Crippen LogP contribution in [0.4, 0.5) is 0 Å². The van der Waals surface area contributed by atoms with Crippen LogP contribution in [0.5, 0.6) is 0 Å². The molecule has 88 valence electrons. The Kier molecular flexibility index (Phi) is 3.82. The Bertz CT molecular complexity index is 356. The zero-order valence-corrected chi connectivity index (χ0v) is 9.74. The molecule has 3 amide bonds. The lowest BCUT2D eigenvalue weighted by Crippen LogP contribution is -2.59. The molecule has 1 aliphatic rings. The molecule has 1 unspecified atom stereocenters. The SMILES string of the molecule is CCC1C(=O)NC(=O)CN1C(=O)C=C(C)C. The maximum atomic E-state index is 11.8. The van der Waals surface area contributed by atoms with Gasteiger partial charge >= 0.3 is 0 Å². The number of carbonyl (C=O) groups excluding carboxylic acids is 3. The maximum Gasteiger partial charge on any atom is 0.249 e. The van der Waals surface area contributed by atoms with E-state index in [1.54, 1.807) is 13.8 Å². The molecule has 1 heterocycles. The highest BCUT2D eigenvalue weighted by Gasteiger charge is 2.34. The monoisotopic (exact) mass is 224 g/mol. The van der Waals surface area contributed by atoms with E-state index < -0.39 is 17.9 Å². The molecule has 0 saturated carbocycles. The van der Waals surface area contributed by atoms with Crippen molar-refractivity contribution >= 4 is 17.7 Å². The minimum absolute atomic E-state index is 0.0487. The minimum Gasteiger partial charge on any atom is -0.318 e. The van der Waals surface area contributed by atoms with Gasteiger partial charge in [-0.25, -0.2) is 0 Å². The number of piperazine rings is 1. The summed E-state index contributed by atoms with van der Waals surface area (Å²) in [5.74, 6) is -1.10. The van der Waals surface area contributed by atoms with Gasteiger partial charge in [-0.1, -0.05) is 12.5 Å². The van der Waals surface area contributed by atoms with Crippen LogP contribution in [0.25, 0.3) is 0 Å². The molecule has 1 aliphatic heterocycles. The summed E-state index contributed by atoms with van der Waals surface area (Å²) in [7, 11) is 0. The fourth-order valence-electron chi connectivity index (χ4n) is 1.63. The molecule has 0 radical (unpaired) electrons. The second-order valence-electron chi connectivity index (χ2n) is 4.02. The summed E-state index contributed by atoms with van der Waals surface area (Å²) in [6, 6.07) is -0.541. The van der Waals surface area contributed by atoms with Crippen molar-refractivity contribution < 1.29 is 14.4 Å². The number of hydrogen-bond acceptors (Lipinski definition) is 3. The Balaban J connectivity index is 2.90. The molecule has 0 aromatic carbocycles. The standard InChI is InChI=1S/C11H16N2O3/c1-4-8-11(16)12-9(14)6-13(8)10(15)5-7(2)3/h5,8H,4,6H2,1-3H3,(H,12,14,16). The molecule has 1 saturated heterocycles. The van der Waals surface area contributed by atoms with E-state index >= 15 is 0 Å². The summed E-state index contributed by atoms with van der Waals surface area (Å²) in [6.07, 6.45) is 1.94. The summed E-state index contributed by atoms with van der Waals surface area (Å²) in [5.41, 5.74) is 0.846. The van der Waals surface area contributed by atoms with E-state index in [4.69, 9.17) is 0 Å². The van der Waals surface area contributed by atoms with Crippen LogP contribution < -0.4 is 5.32 Å². The van der Waals surface area contributed by atoms with Crippen molar-refractivity contribution in [1.29, 1.82) is 0 Å². The van der Waals surface area contributed by atoms with Gasteiger partial charge in [-0.15, -0.1) is 0 Å². The van der Waals surface area contributed by atoms with Gasteiger partial charge in [0.2, 0.25) is 17.7 Å². The Morgan fingerprint density at radius 1 is 1.50 bits per heavy atom. The van der Waals surface area contributed by atoms with E-state index in [1.165, 1.54) is 11.0 Å². The van der Waals surface area contributed by atoms with Crippen LogP contribution in [0.3, 0.4) is 0 Å². The molecule has 0 bridgehead atoms. The van der Waals surface area contributed by atoms with Crippen LogP contribution in [-0.2, 0) is 14.4 Å². The molecule has 0 aromatic rings. The van der Waals surface area contributed by atoms with E-state index in [2.05, 4.69) is 5.32 Å². The average molecular weight is 224 g/mol. The van der Waals surface area contributed by atoms with E-state index in [1.807, 2.05) is 6.92 Å². The van der Waals surface area contributed by atoms with Gasteiger partial charge in [0.1, 0.15) is 12.6 Å². The fraction of sp³-hybridized carbons (Fsp3) is 0.545. The molecule has 1 fully saturated rings. The third-order valence-corrected chi connectivity index (χ3v) is 2.34. The van der Waals surface area contributed by atoms with Crippen molar-refractivity contribution in [2.45, 2.75) is 33.2 Å². The largest absolute Gasteiger partial charge is 0.318 e. The second-order valence-corrected chi connectivity index (χ2v) is 4.02. The highest BCUT2D eigenvalue weighted by Crippen LogP contribution is 2.10. The number of imide groups is 1. The Hall–Kier alpha value is -1.65. The summed E-state index contributed by atoms with van der Waals surface area (Å²) in [6.45, 7) is 5.35. The molecule has 0 aromatic heterocycles. The third kappa shape index (κ3) is 2.68. The number of amides is 3. The molecular weight excluding hydrogens is 208 g/mol. The predicted octanol–water partition coefficient (Wildman–Crippen LogP) is 0.216. The Morgan fingerprint density at radius 2 is 2.12 bits per heavy atom. The van der Waals surface area contributed by atoms with Gasteiger partial charge in [-0.2, -0.15) is 0 Å². The van der Waals surface area contributed by atoms with E-state index in [9.17, 15) is 14.4 Å². The zero-order valence-electron chi connectivity index (χ0n) is 9.74. The first kappa shape index (κ1) is 12.4. The molecule has 0 spiro atoms. The highest BCUT2D eigenvalue weighted by molar-refractivity contribution is 6.05. The number of carbonyl (C=O) groups is 3. The average Bonchev–Trinajstić information content (AvgIpc) is 2.15. The van der Waals surface area contributed by atoms with Gasteiger partial charge in [0.25, 0.3) is 0 Å². The quantitative estimate of drug-likeness (QED) is 0.539. The lowest BCUT2D eigenvalue weighted by molar-refractivity contribution is -0.147. The first-order valence-corrected chi connectivity index (χ1v) is 5.25. The Morgan fingerprint density at radius 3 is 2.62 bits per heavy atom. The third-order valence-electron chi connectivity index (χ3n) is 2.34. The number of nitrogens with zero attached hydrogens (tertiary/aromatic N) is 1. The molecule has 1 N–H and O–H groups in total. The predicted molar refractivity (Wildman–Crippen MR) is 58.4 cm³/mol. The smallest absolute Gasteiger partial charge is 0.249 e. The molecule has 16 heavy (non-hydrogen) atoms. The minimum atomic E-state index is -0.541. The van der Waals surface area contributed by atoms with Crippen molar-refractivity contribution in [1.82, 2.24) is 10.2 Å². The van der Waals surface area contributed by atoms with Crippen LogP contribution in [0.1, 0.15) is 27.2 Å². The van der Waals surface area contributed by atoms with Gasteiger partial charge in [-0.05, 0) is 20.3 Å². The summed E-state index contributed by atoms with van der Waals surface area (Å²) < 4.78 is 0. The summed E-state index contributed by atoms with van der Waals surface area (Å²) in [4.78, 5) is 35.8. The van der Waals surface area contributed by atoms with Gasteiger partial charge in [0.15, 0.2) is 0 Å². The van der Waals surface area contributed by atoms with Crippen LogP contribution in [0.2, 0.25) is 0 Å². The van der Waals surface area contributed by atoms with Crippen LogP contribution in [-0.4, -0.2) is 35.2 Å². The van der Waals surface area contributed by atoms with Crippen molar-refractivity contribution in [3.63, 3.8) is 0 Å². The number of rotatable bonds is 2. The van der Waals surface area contributed by atoms with Crippen LogP contribution in [0, 0.1) is 0 Å². The van der Waals surface area contributed by atoms with Crippen LogP contribution in [0.15, 0.2) is 11.6 Å². The lowest BCUT2D eigenvalue weighted by Gasteiger charge is -2.32. The Labute approximate surface area is 94.5 Å². The second kappa shape index (κ2) is 4.92. The zero-order chi connectivity index (χ0) is 12.3.